The molecule has 1 saturated heterocycles. The molecule has 6 nitrogen and oxygen atoms in total. The first-order valence-electron chi connectivity index (χ1n) is 8.99. The van der Waals surface area contributed by atoms with Gasteiger partial charge in [-0.3, -0.25) is 4.79 Å². The largest absolute Gasteiger partial charge is 0.383 e. The number of amides is 1. The number of halogens is 2. The van der Waals surface area contributed by atoms with Gasteiger partial charge in [-0.05, 0) is 37.9 Å². The third-order valence-corrected chi connectivity index (χ3v) is 4.81. The molecule has 1 amide bonds. The van der Waals surface area contributed by atoms with Crippen LogP contribution in [0.2, 0.25) is 0 Å². The van der Waals surface area contributed by atoms with Crippen LogP contribution in [0.1, 0.15) is 22.5 Å². The maximum absolute atomic E-state index is 13.9. The Morgan fingerprint density at radius 3 is 2.81 bits per heavy atom. The SMILES string of the molecule is COCCN1CC[C@H](CNC(=O)c2nn(-c3c(F)cccc3F)cc2C)C1. The summed E-state index contributed by atoms with van der Waals surface area (Å²) in [5.74, 6) is -1.42. The van der Waals surface area contributed by atoms with Crippen molar-refractivity contribution in [1.29, 1.82) is 0 Å². The van der Waals surface area contributed by atoms with Crippen molar-refractivity contribution in [2.75, 3.05) is 39.9 Å². The van der Waals surface area contributed by atoms with Crippen LogP contribution in [0.25, 0.3) is 5.69 Å². The van der Waals surface area contributed by atoms with E-state index in [1.807, 2.05) is 0 Å². The van der Waals surface area contributed by atoms with E-state index in [2.05, 4.69) is 15.3 Å². The number of carbonyl (C=O) groups is 1. The molecule has 1 atom stereocenters. The molecule has 1 N–H and O–H groups in total. The number of hydrogen-bond acceptors (Lipinski definition) is 4. The highest BCUT2D eigenvalue weighted by Crippen LogP contribution is 2.19. The van der Waals surface area contributed by atoms with Gasteiger partial charge in [0.1, 0.15) is 5.69 Å². The molecule has 0 saturated carbocycles. The lowest BCUT2D eigenvalue weighted by Gasteiger charge is -2.15. The smallest absolute Gasteiger partial charge is 0.272 e. The summed E-state index contributed by atoms with van der Waals surface area (Å²) in [5, 5.41) is 6.99. The molecule has 1 aromatic carbocycles. The number of ether oxygens (including phenoxy) is 1. The summed E-state index contributed by atoms with van der Waals surface area (Å²) in [6, 6.07) is 3.60. The molecular formula is C19H24F2N4O2. The molecule has 0 unspecified atom stereocenters. The molecule has 2 aromatic rings. The third kappa shape index (κ3) is 4.51. The molecule has 0 spiro atoms. The predicted octanol–water partition coefficient (Wildman–Crippen LogP) is 2.16. The van der Waals surface area contributed by atoms with E-state index in [9.17, 15) is 13.6 Å². The van der Waals surface area contributed by atoms with Gasteiger partial charge >= 0.3 is 0 Å². The second-order valence-electron chi connectivity index (χ2n) is 6.83. The number of para-hydroxylation sites is 1. The van der Waals surface area contributed by atoms with Gasteiger partial charge in [0.15, 0.2) is 17.3 Å². The van der Waals surface area contributed by atoms with Crippen molar-refractivity contribution in [3.8, 4) is 5.69 Å². The first-order valence-corrected chi connectivity index (χ1v) is 8.99. The van der Waals surface area contributed by atoms with Gasteiger partial charge in [0.25, 0.3) is 5.91 Å². The van der Waals surface area contributed by atoms with E-state index < -0.39 is 11.6 Å². The van der Waals surface area contributed by atoms with Crippen molar-refractivity contribution in [3.63, 3.8) is 0 Å². The van der Waals surface area contributed by atoms with Crippen LogP contribution in [0.4, 0.5) is 8.78 Å². The monoisotopic (exact) mass is 378 g/mol. The summed E-state index contributed by atoms with van der Waals surface area (Å²) in [5.41, 5.74) is 0.444. The molecule has 1 aliphatic rings. The van der Waals surface area contributed by atoms with Gasteiger partial charge in [0.2, 0.25) is 0 Å². The molecule has 0 bridgehead atoms. The first-order chi connectivity index (χ1) is 13.0. The fraction of sp³-hybridized carbons (Fsp3) is 0.474. The highest BCUT2D eigenvalue weighted by atomic mass is 19.1. The van der Waals surface area contributed by atoms with Gasteiger partial charge in [-0.15, -0.1) is 0 Å². The molecule has 3 rings (SSSR count). The van der Waals surface area contributed by atoms with Gasteiger partial charge in [-0.25, -0.2) is 13.5 Å². The number of likely N-dealkylation sites (tertiary alicyclic amines) is 1. The number of nitrogens with one attached hydrogen (secondary N) is 1. The van der Waals surface area contributed by atoms with Gasteiger partial charge in [-0.1, -0.05) is 6.07 Å². The Hall–Kier alpha value is -2.32. The Bertz CT molecular complexity index is 789. The lowest BCUT2D eigenvalue weighted by atomic mass is 10.1. The molecule has 2 heterocycles. The van der Waals surface area contributed by atoms with Crippen LogP contribution in [-0.2, 0) is 4.74 Å². The number of hydrogen-bond donors (Lipinski definition) is 1. The van der Waals surface area contributed by atoms with Crippen molar-refractivity contribution in [2.45, 2.75) is 13.3 Å². The summed E-state index contributed by atoms with van der Waals surface area (Å²) >= 11 is 0. The molecule has 27 heavy (non-hydrogen) atoms. The van der Waals surface area contributed by atoms with Crippen molar-refractivity contribution in [3.05, 3.63) is 47.3 Å². The van der Waals surface area contributed by atoms with E-state index in [-0.39, 0.29) is 17.3 Å². The zero-order valence-electron chi connectivity index (χ0n) is 15.5. The molecule has 146 valence electrons. The Morgan fingerprint density at radius 2 is 2.11 bits per heavy atom. The van der Waals surface area contributed by atoms with Gasteiger partial charge in [0.05, 0.1) is 6.61 Å². The summed E-state index contributed by atoms with van der Waals surface area (Å²) < 4.78 is 34.1. The lowest BCUT2D eigenvalue weighted by Crippen LogP contribution is -2.32. The average molecular weight is 378 g/mol. The quantitative estimate of drug-likeness (QED) is 0.802. The summed E-state index contributed by atoms with van der Waals surface area (Å²) in [6.07, 6.45) is 2.47. The predicted molar refractivity (Wildman–Crippen MR) is 97.0 cm³/mol. The molecule has 0 aliphatic carbocycles. The van der Waals surface area contributed by atoms with Crippen LogP contribution in [0.15, 0.2) is 24.4 Å². The van der Waals surface area contributed by atoms with Crippen LogP contribution >= 0.6 is 0 Å². The third-order valence-electron chi connectivity index (χ3n) is 4.81. The first kappa shape index (κ1) is 19.4. The van der Waals surface area contributed by atoms with Crippen LogP contribution in [0.5, 0.6) is 0 Å². The Morgan fingerprint density at radius 1 is 1.37 bits per heavy atom. The second kappa shape index (κ2) is 8.58. The Labute approximate surface area is 157 Å². The molecular weight excluding hydrogens is 354 g/mol. The van der Waals surface area contributed by atoms with E-state index in [1.54, 1.807) is 14.0 Å². The van der Waals surface area contributed by atoms with Crippen molar-refractivity contribution < 1.29 is 18.3 Å². The van der Waals surface area contributed by atoms with E-state index in [0.29, 0.717) is 24.6 Å². The number of rotatable bonds is 7. The van der Waals surface area contributed by atoms with Crippen molar-refractivity contribution in [2.24, 2.45) is 5.92 Å². The van der Waals surface area contributed by atoms with Crippen LogP contribution in [0.3, 0.4) is 0 Å². The van der Waals surface area contributed by atoms with Gasteiger partial charge in [0, 0.05) is 38.5 Å². The fourth-order valence-corrected chi connectivity index (χ4v) is 3.33. The zero-order valence-corrected chi connectivity index (χ0v) is 15.5. The molecule has 8 heteroatoms. The highest BCUT2D eigenvalue weighted by molar-refractivity contribution is 5.93. The van der Waals surface area contributed by atoms with E-state index in [0.717, 1.165) is 42.9 Å². The minimum atomic E-state index is -0.730. The van der Waals surface area contributed by atoms with Crippen LogP contribution in [-0.4, -0.2) is 60.5 Å². The van der Waals surface area contributed by atoms with E-state index >= 15 is 0 Å². The van der Waals surface area contributed by atoms with E-state index in [4.69, 9.17) is 4.74 Å². The molecule has 1 fully saturated rings. The van der Waals surface area contributed by atoms with Gasteiger partial charge < -0.3 is 15.0 Å². The van der Waals surface area contributed by atoms with Crippen LogP contribution in [0, 0.1) is 24.5 Å². The summed E-state index contributed by atoms with van der Waals surface area (Å²) in [7, 11) is 1.68. The topological polar surface area (TPSA) is 59.4 Å². The number of methoxy groups -OCH3 is 1. The maximum Gasteiger partial charge on any atom is 0.272 e. The number of aromatic nitrogens is 2. The van der Waals surface area contributed by atoms with Crippen molar-refractivity contribution >= 4 is 5.91 Å². The Kier molecular flexibility index (Phi) is 6.18. The zero-order chi connectivity index (χ0) is 19.4. The second-order valence-corrected chi connectivity index (χ2v) is 6.83. The van der Waals surface area contributed by atoms with Crippen LogP contribution < -0.4 is 5.32 Å². The Balaban J connectivity index is 1.62. The summed E-state index contributed by atoms with van der Waals surface area (Å²) in [6.45, 7) is 5.73. The number of nitrogens with zero attached hydrogens (tertiary/aromatic N) is 3. The molecule has 1 aliphatic heterocycles. The minimum absolute atomic E-state index is 0.173. The fourth-order valence-electron chi connectivity index (χ4n) is 3.33. The minimum Gasteiger partial charge on any atom is -0.383 e. The number of benzene rings is 1. The average Bonchev–Trinajstić information content (AvgIpc) is 3.24. The van der Waals surface area contributed by atoms with Gasteiger partial charge in [-0.2, -0.15) is 5.10 Å². The molecule has 1 aromatic heterocycles. The van der Waals surface area contributed by atoms with E-state index in [1.165, 1.54) is 12.3 Å². The van der Waals surface area contributed by atoms with Crippen molar-refractivity contribution in [1.82, 2.24) is 20.0 Å². The number of carbonyl (C=O) groups excluding carboxylic acids is 1. The number of aryl methyl sites for hydroxylation is 1. The standard InChI is InChI=1S/C19H24F2N4O2/c1-13-11-25(18-15(20)4-3-5-16(18)21)23-17(13)19(26)22-10-14-6-7-24(12-14)8-9-27-2/h3-5,11,14H,6-10,12H2,1-2H3,(H,22,26)/t14-/m1/s1. The normalized spacial score (nSPS) is 17.4. The molecule has 0 radical (unpaired) electrons. The maximum atomic E-state index is 13.9. The summed E-state index contributed by atoms with van der Waals surface area (Å²) in [4.78, 5) is 14.8. The lowest BCUT2D eigenvalue weighted by molar-refractivity contribution is 0.0940. The highest BCUT2D eigenvalue weighted by Gasteiger charge is 2.24.